The third-order valence-corrected chi connectivity index (χ3v) is 3.97. The smallest absolute Gasteiger partial charge is 0.338 e. The average Bonchev–Trinajstić information content (AvgIpc) is 2.65. The molecule has 128 valence electrons. The van der Waals surface area contributed by atoms with E-state index in [0.29, 0.717) is 22.5 Å². The molecule has 0 aliphatic carbocycles. The predicted molar refractivity (Wildman–Crippen MR) is 94.0 cm³/mol. The van der Waals surface area contributed by atoms with Gasteiger partial charge in [-0.15, -0.1) is 0 Å². The molecule has 0 N–H and O–H groups in total. The third-order valence-electron chi connectivity index (χ3n) is 3.97. The summed E-state index contributed by atoms with van der Waals surface area (Å²) in [5.74, 6) is 0.0952. The van der Waals surface area contributed by atoms with Gasteiger partial charge in [0.05, 0.1) is 12.7 Å². The van der Waals surface area contributed by atoms with Crippen LogP contribution in [-0.4, -0.2) is 13.1 Å². The van der Waals surface area contributed by atoms with Crippen molar-refractivity contribution in [1.29, 1.82) is 0 Å². The highest BCUT2D eigenvalue weighted by atomic mass is 16.5. The lowest BCUT2D eigenvalue weighted by Crippen LogP contribution is -2.08. The Hall–Kier alpha value is -3.08. The number of carbonyl (C=O) groups excluding carboxylic acids is 1. The summed E-state index contributed by atoms with van der Waals surface area (Å²) < 4.78 is 15.7. The molecule has 0 spiro atoms. The van der Waals surface area contributed by atoms with E-state index in [1.165, 1.54) is 13.2 Å². The predicted octanol–water partition coefficient (Wildman–Crippen LogP) is 3.72. The number of esters is 1. The van der Waals surface area contributed by atoms with Crippen molar-refractivity contribution in [2.75, 3.05) is 7.11 Å². The van der Waals surface area contributed by atoms with E-state index in [2.05, 4.69) is 0 Å². The molecule has 0 fully saturated rings. The molecule has 1 heterocycles. The Balaban J connectivity index is 1.85. The van der Waals surface area contributed by atoms with Crippen molar-refractivity contribution in [3.05, 3.63) is 75.6 Å². The summed E-state index contributed by atoms with van der Waals surface area (Å²) in [6.45, 7) is 2.02. The second-order valence-electron chi connectivity index (χ2n) is 5.58. The Kier molecular flexibility index (Phi) is 4.84. The number of hydrogen-bond donors (Lipinski definition) is 0. The molecule has 0 atom stereocenters. The summed E-state index contributed by atoms with van der Waals surface area (Å²) in [5.41, 5.74) is 2.11. The van der Waals surface area contributed by atoms with Gasteiger partial charge in [0.15, 0.2) is 0 Å². The minimum Gasteiger partial charge on any atom is -0.497 e. The summed E-state index contributed by atoms with van der Waals surface area (Å²) >= 11 is 0. The van der Waals surface area contributed by atoms with Crippen molar-refractivity contribution in [3.63, 3.8) is 0 Å². The van der Waals surface area contributed by atoms with E-state index in [9.17, 15) is 9.59 Å². The van der Waals surface area contributed by atoms with Crippen molar-refractivity contribution >= 4 is 16.9 Å². The maximum Gasteiger partial charge on any atom is 0.338 e. The lowest BCUT2D eigenvalue weighted by molar-refractivity contribution is 0.0473. The van der Waals surface area contributed by atoms with Crippen LogP contribution < -0.4 is 10.4 Å². The molecule has 1 aromatic heterocycles. The van der Waals surface area contributed by atoms with Crippen LogP contribution in [-0.2, 0) is 17.8 Å². The van der Waals surface area contributed by atoms with E-state index < -0.39 is 11.6 Å². The fourth-order valence-corrected chi connectivity index (χ4v) is 2.59. The van der Waals surface area contributed by atoms with Gasteiger partial charge < -0.3 is 13.9 Å². The zero-order valence-electron chi connectivity index (χ0n) is 14.1. The molecule has 5 nitrogen and oxygen atoms in total. The van der Waals surface area contributed by atoms with Gasteiger partial charge in [0, 0.05) is 17.0 Å². The number of rotatable bonds is 5. The summed E-state index contributed by atoms with van der Waals surface area (Å²) in [4.78, 5) is 24.0. The molecule has 0 unspecified atom stereocenters. The first kappa shape index (κ1) is 16.8. The highest BCUT2D eigenvalue weighted by molar-refractivity contribution is 5.90. The molecule has 0 aliphatic rings. The number of hydrogen-bond acceptors (Lipinski definition) is 5. The van der Waals surface area contributed by atoms with Crippen molar-refractivity contribution < 1.29 is 18.7 Å². The molecule has 0 saturated carbocycles. The Morgan fingerprint density at radius 2 is 1.96 bits per heavy atom. The summed E-state index contributed by atoms with van der Waals surface area (Å²) in [6, 6.07) is 13.8. The molecular weight excluding hydrogens is 320 g/mol. The minimum atomic E-state index is -0.481. The van der Waals surface area contributed by atoms with Crippen molar-refractivity contribution in [2.24, 2.45) is 0 Å². The molecule has 0 saturated heterocycles. The number of methoxy groups -OCH3 is 1. The van der Waals surface area contributed by atoms with Gasteiger partial charge in [-0.3, -0.25) is 0 Å². The van der Waals surface area contributed by atoms with E-state index in [4.69, 9.17) is 13.9 Å². The monoisotopic (exact) mass is 338 g/mol. The molecule has 0 radical (unpaired) electrons. The van der Waals surface area contributed by atoms with Gasteiger partial charge in [0.1, 0.15) is 17.9 Å². The van der Waals surface area contributed by atoms with Crippen LogP contribution in [0, 0.1) is 0 Å². The first-order chi connectivity index (χ1) is 12.1. The van der Waals surface area contributed by atoms with Crippen LogP contribution >= 0.6 is 0 Å². The Morgan fingerprint density at radius 3 is 2.72 bits per heavy atom. The van der Waals surface area contributed by atoms with E-state index in [1.54, 1.807) is 24.3 Å². The molecule has 25 heavy (non-hydrogen) atoms. The van der Waals surface area contributed by atoms with E-state index >= 15 is 0 Å². The third kappa shape index (κ3) is 3.71. The number of benzene rings is 2. The lowest BCUT2D eigenvalue weighted by Gasteiger charge is -2.09. The van der Waals surface area contributed by atoms with E-state index in [-0.39, 0.29) is 6.61 Å². The summed E-state index contributed by atoms with van der Waals surface area (Å²) in [6.07, 6.45) is 0.842. The molecule has 0 aliphatic heterocycles. The summed E-state index contributed by atoms with van der Waals surface area (Å²) in [5, 5.41) is 0.759. The van der Waals surface area contributed by atoms with Gasteiger partial charge in [0.25, 0.3) is 0 Å². The van der Waals surface area contributed by atoms with Gasteiger partial charge in [-0.1, -0.05) is 25.1 Å². The molecule has 3 rings (SSSR count). The first-order valence-electron chi connectivity index (χ1n) is 7.97. The van der Waals surface area contributed by atoms with Crippen LogP contribution in [0.1, 0.15) is 28.4 Å². The van der Waals surface area contributed by atoms with E-state index in [1.807, 2.05) is 25.1 Å². The zero-order valence-corrected chi connectivity index (χ0v) is 14.1. The van der Waals surface area contributed by atoms with Crippen LogP contribution in [0.4, 0.5) is 0 Å². The quantitative estimate of drug-likeness (QED) is 0.524. The highest BCUT2D eigenvalue weighted by Gasteiger charge is 2.12. The number of carbonyl (C=O) groups is 1. The van der Waals surface area contributed by atoms with Crippen LogP contribution in [0.5, 0.6) is 5.75 Å². The van der Waals surface area contributed by atoms with Crippen LogP contribution in [0.25, 0.3) is 11.0 Å². The van der Waals surface area contributed by atoms with Gasteiger partial charge >= 0.3 is 11.6 Å². The van der Waals surface area contributed by atoms with E-state index in [0.717, 1.165) is 17.4 Å². The molecule has 3 aromatic rings. The number of aryl methyl sites for hydroxylation is 1. The lowest BCUT2D eigenvalue weighted by atomic mass is 10.1. The molecule has 0 bridgehead atoms. The Labute approximate surface area is 144 Å². The maximum absolute atomic E-state index is 12.2. The molecule has 2 aromatic carbocycles. The van der Waals surface area contributed by atoms with Crippen LogP contribution in [0.3, 0.4) is 0 Å². The molecular formula is C20H18O5. The van der Waals surface area contributed by atoms with Crippen molar-refractivity contribution in [2.45, 2.75) is 20.0 Å². The first-order valence-corrected chi connectivity index (χ1v) is 7.97. The SMILES string of the molecule is CCc1ccc2c(COC(=O)c3cccc(OC)c3)cc(=O)oc2c1. The van der Waals surface area contributed by atoms with Crippen molar-refractivity contribution in [3.8, 4) is 5.75 Å². The van der Waals surface area contributed by atoms with Crippen LogP contribution in [0.15, 0.2) is 57.7 Å². The highest BCUT2D eigenvalue weighted by Crippen LogP contribution is 2.20. The molecule has 0 amide bonds. The second-order valence-corrected chi connectivity index (χ2v) is 5.58. The largest absolute Gasteiger partial charge is 0.497 e. The minimum absolute atomic E-state index is 0.0103. The molecule has 5 heteroatoms. The van der Waals surface area contributed by atoms with Crippen molar-refractivity contribution in [1.82, 2.24) is 0 Å². The zero-order chi connectivity index (χ0) is 17.8. The normalized spacial score (nSPS) is 10.6. The van der Waals surface area contributed by atoms with Gasteiger partial charge in [-0.2, -0.15) is 0 Å². The number of ether oxygens (including phenoxy) is 2. The maximum atomic E-state index is 12.2. The Morgan fingerprint density at radius 1 is 1.12 bits per heavy atom. The Bertz CT molecular complexity index is 971. The van der Waals surface area contributed by atoms with Crippen LogP contribution in [0.2, 0.25) is 0 Å². The van der Waals surface area contributed by atoms with Gasteiger partial charge in [-0.25, -0.2) is 9.59 Å². The number of fused-ring (bicyclic) bond motifs is 1. The average molecular weight is 338 g/mol. The second kappa shape index (κ2) is 7.21. The fraction of sp³-hybridized carbons (Fsp3) is 0.200. The summed E-state index contributed by atoms with van der Waals surface area (Å²) in [7, 11) is 1.53. The topological polar surface area (TPSA) is 65.7 Å². The van der Waals surface area contributed by atoms with Gasteiger partial charge in [-0.05, 0) is 36.2 Å². The fourth-order valence-electron chi connectivity index (χ4n) is 2.59. The standard InChI is InChI=1S/C20H18O5/c1-3-13-7-8-17-15(11-19(21)25-18(17)9-13)12-24-20(22)14-5-4-6-16(10-14)23-2/h4-11H,3,12H2,1-2H3. The van der Waals surface area contributed by atoms with Gasteiger partial charge in [0.2, 0.25) is 0 Å².